The molecule has 0 spiro atoms. The van der Waals surface area contributed by atoms with Crippen LogP contribution < -0.4 is 5.73 Å². The van der Waals surface area contributed by atoms with Gasteiger partial charge in [0.25, 0.3) is 0 Å². The summed E-state index contributed by atoms with van der Waals surface area (Å²) < 4.78 is 0. The largest absolute Gasteiger partial charge is 0.396 e. The predicted molar refractivity (Wildman–Crippen MR) is 62.4 cm³/mol. The summed E-state index contributed by atoms with van der Waals surface area (Å²) in [6.45, 7) is 2.18. The zero-order valence-electron chi connectivity index (χ0n) is 8.83. The first-order valence-corrected chi connectivity index (χ1v) is 5.19. The maximum atomic E-state index is 5.78. The highest BCUT2D eigenvalue weighted by molar-refractivity contribution is 5.71. The molecule has 0 bridgehead atoms. The zero-order valence-corrected chi connectivity index (χ0v) is 8.83. The van der Waals surface area contributed by atoms with Crippen molar-refractivity contribution in [1.82, 2.24) is 10.2 Å². The Morgan fingerprint density at radius 3 is 2.53 bits per heavy atom. The molecule has 2 aromatic rings. The number of hydrogen-bond donors (Lipinski definition) is 2. The smallest absolute Gasteiger partial charge is 0.0879 e. The molecule has 1 aromatic heterocycles. The molecule has 0 radical (unpaired) electrons. The summed E-state index contributed by atoms with van der Waals surface area (Å²) in [7, 11) is 0. The number of aromatic amines is 1. The van der Waals surface area contributed by atoms with Gasteiger partial charge in [-0.1, -0.05) is 37.6 Å². The minimum atomic E-state index is 0.693. The van der Waals surface area contributed by atoms with E-state index in [1.807, 2.05) is 0 Å². The second-order valence-corrected chi connectivity index (χ2v) is 3.65. The quantitative estimate of drug-likeness (QED) is 0.802. The molecule has 0 fully saturated rings. The van der Waals surface area contributed by atoms with Gasteiger partial charge in [-0.05, 0) is 12.0 Å². The fraction of sp³-hybridized carbons (Fsp3) is 0.250. The highest BCUT2D eigenvalue weighted by atomic mass is 15.1. The van der Waals surface area contributed by atoms with E-state index in [2.05, 4.69) is 41.4 Å². The van der Waals surface area contributed by atoms with Crippen LogP contribution in [0.25, 0.3) is 11.3 Å². The zero-order chi connectivity index (χ0) is 10.7. The predicted octanol–water partition coefficient (Wildman–Crippen LogP) is 2.61. The lowest BCUT2D eigenvalue weighted by Crippen LogP contribution is -1.88. The highest BCUT2D eigenvalue weighted by Crippen LogP contribution is 2.23. The Kier molecular flexibility index (Phi) is 2.72. The molecule has 78 valence electrons. The Labute approximate surface area is 89.3 Å². The third-order valence-electron chi connectivity index (χ3n) is 2.45. The number of nitrogens with one attached hydrogen (secondary N) is 1. The van der Waals surface area contributed by atoms with Gasteiger partial charge in [0.1, 0.15) is 0 Å². The second-order valence-electron chi connectivity index (χ2n) is 3.65. The average molecular weight is 201 g/mol. The van der Waals surface area contributed by atoms with E-state index in [1.165, 1.54) is 12.0 Å². The van der Waals surface area contributed by atoms with E-state index in [1.54, 1.807) is 6.20 Å². The van der Waals surface area contributed by atoms with Crippen molar-refractivity contribution in [3.63, 3.8) is 0 Å². The van der Waals surface area contributed by atoms with Crippen LogP contribution in [0.1, 0.15) is 18.9 Å². The molecule has 0 aliphatic heterocycles. The Balaban J connectivity index is 2.28. The number of nitrogens with two attached hydrogens (primary N) is 1. The first-order valence-electron chi connectivity index (χ1n) is 5.19. The van der Waals surface area contributed by atoms with Crippen LogP contribution in [-0.4, -0.2) is 10.2 Å². The molecule has 0 aliphatic rings. The van der Waals surface area contributed by atoms with Crippen LogP contribution in [0.15, 0.2) is 30.5 Å². The van der Waals surface area contributed by atoms with Gasteiger partial charge in [0, 0.05) is 5.56 Å². The number of rotatable bonds is 3. The number of nitrogen functional groups attached to an aromatic ring is 1. The molecule has 3 N–H and O–H groups in total. The lowest BCUT2D eigenvalue weighted by Gasteiger charge is -2.02. The van der Waals surface area contributed by atoms with Gasteiger partial charge < -0.3 is 5.73 Å². The maximum Gasteiger partial charge on any atom is 0.0879 e. The average Bonchev–Trinajstić information content (AvgIpc) is 2.66. The number of aromatic nitrogens is 2. The van der Waals surface area contributed by atoms with Gasteiger partial charge in [-0.3, -0.25) is 5.10 Å². The van der Waals surface area contributed by atoms with Crippen molar-refractivity contribution in [2.24, 2.45) is 0 Å². The Hall–Kier alpha value is -1.77. The normalized spacial score (nSPS) is 10.5. The molecular weight excluding hydrogens is 186 g/mol. The summed E-state index contributed by atoms with van der Waals surface area (Å²) in [6, 6.07) is 8.43. The molecule has 0 atom stereocenters. The van der Waals surface area contributed by atoms with E-state index in [-0.39, 0.29) is 0 Å². The molecule has 3 nitrogen and oxygen atoms in total. The highest BCUT2D eigenvalue weighted by Gasteiger charge is 2.03. The van der Waals surface area contributed by atoms with Crippen molar-refractivity contribution < 1.29 is 0 Å². The Morgan fingerprint density at radius 1 is 1.27 bits per heavy atom. The van der Waals surface area contributed by atoms with Crippen molar-refractivity contribution in [2.45, 2.75) is 19.8 Å². The molecule has 3 heteroatoms. The third-order valence-corrected chi connectivity index (χ3v) is 2.45. The second kappa shape index (κ2) is 4.17. The Bertz CT molecular complexity index is 428. The van der Waals surface area contributed by atoms with Crippen molar-refractivity contribution in [1.29, 1.82) is 0 Å². The minimum absolute atomic E-state index is 0.693. The van der Waals surface area contributed by atoms with Gasteiger partial charge in [-0.2, -0.15) is 5.10 Å². The van der Waals surface area contributed by atoms with Gasteiger partial charge in [0.15, 0.2) is 0 Å². The lowest BCUT2D eigenvalue weighted by molar-refractivity contribution is 0.922. The summed E-state index contributed by atoms with van der Waals surface area (Å²) in [5, 5.41) is 6.81. The first-order chi connectivity index (χ1) is 7.31. The molecule has 0 saturated carbocycles. The lowest BCUT2D eigenvalue weighted by atomic mass is 10.1. The number of anilines is 1. The van der Waals surface area contributed by atoms with Crippen LogP contribution in [0.4, 0.5) is 5.69 Å². The van der Waals surface area contributed by atoms with Crippen LogP contribution in [0.5, 0.6) is 0 Å². The number of benzene rings is 1. The molecule has 15 heavy (non-hydrogen) atoms. The molecular formula is C12H15N3. The summed E-state index contributed by atoms with van der Waals surface area (Å²) in [5.41, 5.74) is 9.82. The van der Waals surface area contributed by atoms with Gasteiger partial charge in [0.05, 0.1) is 17.6 Å². The Morgan fingerprint density at radius 2 is 2.00 bits per heavy atom. The number of H-pyrrole nitrogens is 1. The van der Waals surface area contributed by atoms with Crippen molar-refractivity contribution in [3.05, 3.63) is 36.0 Å². The fourth-order valence-electron chi connectivity index (χ4n) is 1.65. The summed E-state index contributed by atoms with van der Waals surface area (Å²) in [5.74, 6) is 0. The van der Waals surface area contributed by atoms with Crippen LogP contribution in [-0.2, 0) is 6.42 Å². The van der Waals surface area contributed by atoms with E-state index in [0.29, 0.717) is 5.69 Å². The molecule has 0 amide bonds. The molecule has 1 aromatic carbocycles. The van der Waals surface area contributed by atoms with Gasteiger partial charge >= 0.3 is 0 Å². The van der Waals surface area contributed by atoms with E-state index in [4.69, 9.17) is 5.73 Å². The van der Waals surface area contributed by atoms with Gasteiger partial charge in [0.2, 0.25) is 0 Å². The van der Waals surface area contributed by atoms with Gasteiger partial charge in [-0.25, -0.2) is 0 Å². The fourth-order valence-corrected chi connectivity index (χ4v) is 1.65. The van der Waals surface area contributed by atoms with E-state index in [9.17, 15) is 0 Å². The van der Waals surface area contributed by atoms with E-state index in [0.717, 1.165) is 17.7 Å². The summed E-state index contributed by atoms with van der Waals surface area (Å²) >= 11 is 0. The van der Waals surface area contributed by atoms with Crippen molar-refractivity contribution >= 4 is 5.69 Å². The van der Waals surface area contributed by atoms with Crippen LogP contribution >= 0.6 is 0 Å². The van der Waals surface area contributed by atoms with Crippen molar-refractivity contribution in [3.8, 4) is 11.3 Å². The van der Waals surface area contributed by atoms with E-state index < -0.39 is 0 Å². The topological polar surface area (TPSA) is 54.7 Å². The number of nitrogens with zero attached hydrogens (tertiary/aromatic N) is 1. The van der Waals surface area contributed by atoms with Crippen molar-refractivity contribution in [2.75, 3.05) is 5.73 Å². The summed E-state index contributed by atoms with van der Waals surface area (Å²) in [6.07, 6.45) is 3.93. The molecule has 0 aliphatic carbocycles. The minimum Gasteiger partial charge on any atom is -0.396 e. The molecule has 0 saturated heterocycles. The van der Waals surface area contributed by atoms with Crippen LogP contribution in [0.3, 0.4) is 0 Å². The third kappa shape index (κ3) is 2.01. The van der Waals surface area contributed by atoms with Crippen LogP contribution in [0, 0.1) is 0 Å². The summed E-state index contributed by atoms with van der Waals surface area (Å²) in [4.78, 5) is 0. The maximum absolute atomic E-state index is 5.78. The van der Waals surface area contributed by atoms with Crippen LogP contribution in [0.2, 0.25) is 0 Å². The molecule has 1 heterocycles. The standard InChI is InChI=1S/C12H15N3/c1-2-3-9-4-6-10(7-5-9)12-11(13)8-14-15-12/h4-8H,2-3,13H2,1H3,(H,14,15). The molecule has 2 rings (SSSR count). The monoisotopic (exact) mass is 201 g/mol. The SMILES string of the molecule is CCCc1ccc(-c2[nH]ncc2N)cc1. The van der Waals surface area contributed by atoms with E-state index >= 15 is 0 Å². The number of aryl methyl sites for hydroxylation is 1. The first kappa shape index (κ1) is 9.77. The molecule has 0 unspecified atom stereocenters. The van der Waals surface area contributed by atoms with Gasteiger partial charge in [-0.15, -0.1) is 0 Å². The number of hydrogen-bond acceptors (Lipinski definition) is 2.